The summed E-state index contributed by atoms with van der Waals surface area (Å²) in [6.45, 7) is 4.01. The zero-order valence-corrected chi connectivity index (χ0v) is 15.2. The average molecular weight is 357 g/mol. The van der Waals surface area contributed by atoms with E-state index in [1.165, 1.54) is 7.11 Å². The van der Waals surface area contributed by atoms with E-state index in [2.05, 4.69) is 16.4 Å². The zero-order chi connectivity index (χ0) is 18.0. The van der Waals surface area contributed by atoms with Crippen molar-refractivity contribution in [3.63, 3.8) is 0 Å². The van der Waals surface area contributed by atoms with Crippen molar-refractivity contribution in [1.29, 1.82) is 0 Å². The Morgan fingerprint density at radius 3 is 2.76 bits per heavy atom. The van der Waals surface area contributed by atoms with Crippen LogP contribution in [0.1, 0.15) is 30.9 Å². The van der Waals surface area contributed by atoms with Gasteiger partial charge in [0.2, 0.25) is 0 Å². The Kier molecular flexibility index (Phi) is 4.82. The number of ether oxygens (including phenoxy) is 1. The Morgan fingerprint density at radius 2 is 2.12 bits per heavy atom. The molecule has 1 aromatic heterocycles. The first-order valence-electron chi connectivity index (χ1n) is 8.16. The van der Waals surface area contributed by atoms with E-state index in [0.717, 1.165) is 16.8 Å². The van der Waals surface area contributed by atoms with Gasteiger partial charge in [0, 0.05) is 29.0 Å². The number of methoxy groups -OCH3 is 1. The lowest BCUT2D eigenvalue weighted by Gasteiger charge is -2.45. The Morgan fingerprint density at radius 1 is 1.32 bits per heavy atom. The van der Waals surface area contributed by atoms with Crippen molar-refractivity contribution in [1.82, 2.24) is 10.3 Å². The third-order valence-electron chi connectivity index (χ3n) is 4.82. The normalized spacial score (nSPS) is 25.7. The summed E-state index contributed by atoms with van der Waals surface area (Å²) < 4.78 is 5.16. The first-order chi connectivity index (χ1) is 12.0. The van der Waals surface area contributed by atoms with E-state index in [-0.39, 0.29) is 11.9 Å². The van der Waals surface area contributed by atoms with Gasteiger partial charge in [0.25, 0.3) is 0 Å². The fraction of sp³-hybridized carbons (Fsp3) is 0.300. The smallest absolute Gasteiger partial charge is 0.312 e. The third kappa shape index (κ3) is 3.27. The second-order valence-electron chi connectivity index (χ2n) is 6.50. The van der Waals surface area contributed by atoms with Crippen LogP contribution in [0.2, 0.25) is 5.02 Å². The van der Waals surface area contributed by atoms with Crippen LogP contribution >= 0.6 is 11.6 Å². The zero-order valence-electron chi connectivity index (χ0n) is 14.5. The van der Waals surface area contributed by atoms with Crippen molar-refractivity contribution in [3.05, 3.63) is 76.7 Å². The molecule has 25 heavy (non-hydrogen) atoms. The summed E-state index contributed by atoms with van der Waals surface area (Å²) in [4.78, 5) is 17.0. The molecule has 4 nitrogen and oxygen atoms in total. The van der Waals surface area contributed by atoms with Crippen LogP contribution in [0.3, 0.4) is 0 Å². The van der Waals surface area contributed by atoms with Crippen LogP contribution in [0.5, 0.6) is 0 Å². The minimum absolute atomic E-state index is 0.155. The van der Waals surface area contributed by atoms with E-state index in [4.69, 9.17) is 16.3 Å². The topological polar surface area (TPSA) is 51.2 Å². The number of nitrogens with one attached hydrogen (secondary N) is 1. The molecule has 0 aliphatic carbocycles. The largest absolute Gasteiger partial charge is 0.469 e. The van der Waals surface area contributed by atoms with Crippen LogP contribution < -0.4 is 5.32 Å². The Hall–Kier alpha value is -2.33. The molecule has 0 spiro atoms. The predicted molar refractivity (Wildman–Crippen MR) is 98.2 cm³/mol. The van der Waals surface area contributed by atoms with Gasteiger partial charge in [0.1, 0.15) is 0 Å². The number of hydrogen-bond donors (Lipinski definition) is 1. The fourth-order valence-corrected chi connectivity index (χ4v) is 3.89. The van der Waals surface area contributed by atoms with Crippen molar-refractivity contribution < 1.29 is 9.53 Å². The van der Waals surface area contributed by atoms with Gasteiger partial charge >= 0.3 is 5.97 Å². The first-order valence-corrected chi connectivity index (χ1v) is 8.54. The van der Waals surface area contributed by atoms with Gasteiger partial charge < -0.3 is 10.1 Å². The number of nitrogens with zero attached hydrogens (tertiary/aromatic N) is 1. The van der Waals surface area contributed by atoms with Gasteiger partial charge in [0.05, 0.1) is 18.6 Å². The molecular formula is C20H21ClN2O2. The fourth-order valence-electron chi connectivity index (χ4n) is 3.69. The molecule has 3 rings (SSSR count). The lowest BCUT2D eigenvalue weighted by Crippen LogP contribution is -2.53. The van der Waals surface area contributed by atoms with E-state index in [9.17, 15) is 4.79 Å². The summed E-state index contributed by atoms with van der Waals surface area (Å²) in [7, 11) is 1.42. The second kappa shape index (κ2) is 6.89. The molecule has 1 aromatic carbocycles. The molecule has 0 saturated carbocycles. The Bertz CT molecular complexity index is 806. The highest BCUT2D eigenvalue weighted by Gasteiger charge is 2.48. The van der Waals surface area contributed by atoms with Gasteiger partial charge in [0.15, 0.2) is 0 Å². The molecule has 0 fully saturated rings. The molecule has 1 aliphatic rings. The number of rotatable bonds is 3. The minimum atomic E-state index is -0.646. The van der Waals surface area contributed by atoms with Gasteiger partial charge in [-0.05, 0) is 43.2 Å². The minimum Gasteiger partial charge on any atom is -0.469 e. The van der Waals surface area contributed by atoms with E-state index >= 15 is 0 Å². The van der Waals surface area contributed by atoms with E-state index in [1.54, 1.807) is 12.4 Å². The van der Waals surface area contributed by atoms with Crippen LogP contribution in [0.15, 0.2) is 60.6 Å². The van der Waals surface area contributed by atoms with Crippen molar-refractivity contribution in [3.8, 4) is 0 Å². The van der Waals surface area contributed by atoms with Crippen LogP contribution in [0.25, 0.3) is 0 Å². The van der Waals surface area contributed by atoms with Crippen molar-refractivity contribution in [2.24, 2.45) is 5.92 Å². The number of allylic oxidation sites excluding steroid dienone is 2. The highest BCUT2D eigenvalue weighted by Crippen LogP contribution is 2.44. The third-order valence-corrected chi connectivity index (χ3v) is 5.05. The number of halogens is 1. The number of pyridine rings is 1. The Labute approximate surface area is 152 Å². The summed E-state index contributed by atoms with van der Waals surface area (Å²) in [5.74, 6) is -0.881. The van der Waals surface area contributed by atoms with Gasteiger partial charge in [-0.15, -0.1) is 0 Å². The molecule has 1 N–H and O–H groups in total. The molecule has 2 aromatic rings. The number of benzene rings is 1. The molecule has 3 atom stereocenters. The Balaban J connectivity index is 2.17. The second-order valence-corrected chi connectivity index (χ2v) is 6.94. The first kappa shape index (κ1) is 17.5. The molecule has 2 heterocycles. The summed E-state index contributed by atoms with van der Waals surface area (Å²) in [6.07, 6.45) is 5.57. The molecule has 5 heteroatoms. The lowest BCUT2D eigenvalue weighted by atomic mass is 9.68. The summed E-state index contributed by atoms with van der Waals surface area (Å²) in [5, 5.41) is 4.12. The van der Waals surface area contributed by atoms with E-state index in [1.807, 2.05) is 50.2 Å². The number of hydrogen-bond acceptors (Lipinski definition) is 4. The molecule has 0 bridgehead atoms. The van der Waals surface area contributed by atoms with Gasteiger partial charge in [-0.2, -0.15) is 0 Å². The standard InChI is InChI=1S/C20H21ClN2O2/c1-13-10-17(14-6-4-8-16(21)11-14)18(19(24)25-3)20(2,23-13)15-7-5-9-22-12-15/h4-12,17-18,23H,1-3H3. The molecule has 130 valence electrons. The van der Waals surface area contributed by atoms with Crippen LogP contribution in [-0.2, 0) is 15.1 Å². The highest BCUT2D eigenvalue weighted by molar-refractivity contribution is 6.30. The maximum Gasteiger partial charge on any atom is 0.312 e. The van der Waals surface area contributed by atoms with Gasteiger partial charge in [-0.3, -0.25) is 9.78 Å². The van der Waals surface area contributed by atoms with E-state index < -0.39 is 11.5 Å². The molecule has 3 unspecified atom stereocenters. The van der Waals surface area contributed by atoms with Crippen molar-refractivity contribution in [2.45, 2.75) is 25.3 Å². The number of carbonyl (C=O) groups excluding carboxylic acids is 1. The summed E-state index contributed by atoms with van der Waals surface area (Å²) in [6, 6.07) is 11.5. The number of esters is 1. The summed E-state index contributed by atoms with van der Waals surface area (Å²) in [5.41, 5.74) is 2.27. The maximum absolute atomic E-state index is 12.8. The SMILES string of the molecule is COC(=O)C1C(c2cccc(Cl)c2)C=C(C)NC1(C)c1cccnc1. The molecule has 1 aliphatic heterocycles. The van der Waals surface area contributed by atoms with Crippen molar-refractivity contribution >= 4 is 17.6 Å². The van der Waals surface area contributed by atoms with Gasteiger partial charge in [-0.1, -0.05) is 35.9 Å². The van der Waals surface area contributed by atoms with Gasteiger partial charge in [-0.25, -0.2) is 0 Å². The average Bonchev–Trinajstić information content (AvgIpc) is 2.61. The lowest BCUT2D eigenvalue weighted by molar-refractivity contribution is -0.149. The van der Waals surface area contributed by atoms with Crippen LogP contribution in [0.4, 0.5) is 0 Å². The van der Waals surface area contributed by atoms with Crippen LogP contribution in [-0.4, -0.2) is 18.1 Å². The maximum atomic E-state index is 12.8. The predicted octanol–water partition coefficient (Wildman–Crippen LogP) is 4.03. The molecule has 0 amide bonds. The number of aromatic nitrogens is 1. The number of carbonyl (C=O) groups is 1. The summed E-state index contributed by atoms with van der Waals surface area (Å²) >= 11 is 6.19. The van der Waals surface area contributed by atoms with Crippen LogP contribution in [0, 0.1) is 5.92 Å². The highest BCUT2D eigenvalue weighted by atomic mass is 35.5. The van der Waals surface area contributed by atoms with Crippen molar-refractivity contribution in [2.75, 3.05) is 7.11 Å². The van der Waals surface area contributed by atoms with E-state index in [0.29, 0.717) is 5.02 Å². The molecule has 0 radical (unpaired) electrons. The quantitative estimate of drug-likeness (QED) is 0.843. The monoisotopic (exact) mass is 356 g/mol. The molecule has 0 saturated heterocycles. The molecular weight excluding hydrogens is 336 g/mol.